The molecular weight excluding hydrogens is 240 g/mol. The molecule has 1 aromatic heterocycles. The van der Waals surface area contributed by atoms with Crippen LogP contribution in [0.25, 0.3) is 0 Å². The summed E-state index contributed by atoms with van der Waals surface area (Å²) in [4.78, 5) is 18.2. The normalized spacial score (nSPS) is 15.9. The van der Waals surface area contributed by atoms with Crippen LogP contribution in [0.15, 0.2) is 18.3 Å². The molecular formula is C14H22N4O. The van der Waals surface area contributed by atoms with Crippen LogP contribution in [-0.4, -0.2) is 42.0 Å². The molecule has 0 spiro atoms. The highest BCUT2D eigenvalue weighted by Gasteiger charge is 2.19. The monoisotopic (exact) mass is 262 g/mol. The highest BCUT2D eigenvalue weighted by atomic mass is 16.1. The van der Waals surface area contributed by atoms with Gasteiger partial charge in [-0.2, -0.15) is 0 Å². The van der Waals surface area contributed by atoms with E-state index in [4.69, 9.17) is 5.73 Å². The molecule has 1 aliphatic carbocycles. The van der Waals surface area contributed by atoms with E-state index in [-0.39, 0.29) is 11.7 Å². The van der Waals surface area contributed by atoms with Crippen LogP contribution in [-0.2, 0) is 0 Å². The minimum atomic E-state index is -0.148. The van der Waals surface area contributed by atoms with Crippen molar-refractivity contribution in [2.75, 3.05) is 25.9 Å². The average molecular weight is 262 g/mol. The number of nitrogen functional groups attached to an aromatic ring is 1. The first-order chi connectivity index (χ1) is 9.18. The molecule has 5 nitrogen and oxygen atoms in total. The van der Waals surface area contributed by atoms with Crippen LogP contribution in [0.4, 0.5) is 5.82 Å². The minimum Gasteiger partial charge on any atom is -0.383 e. The fourth-order valence-electron chi connectivity index (χ4n) is 2.58. The second-order valence-corrected chi connectivity index (χ2v) is 5.11. The first-order valence-corrected chi connectivity index (χ1v) is 6.87. The van der Waals surface area contributed by atoms with E-state index in [2.05, 4.69) is 22.2 Å². The van der Waals surface area contributed by atoms with E-state index in [1.165, 1.54) is 25.7 Å². The number of amides is 1. The van der Waals surface area contributed by atoms with Crippen molar-refractivity contribution in [3.05, 3.63) is 23.9 Å². The molecule has 0 atom stereocenters. The van der Waals surface area contributed by atoms with Gasteiger partial charge in [-0.1, -0.05) is 12.8 Å². The number of hydrogen-bond donors (Lipinski definition) is 2. The first kappa shape index (κ1) is 13.8. The summed E-state index contributed by atoms with van der Waals surface area (Å²) in [5.74, 6) is 0.134. The largest absolute Gasteiger partial charge is 0.383 e. The van der Waals surface area contributed by atoms with Gasteiger partial charge in [0.25, 0.3) is 5.91 Å². The van der Waals surface area contributed by atoms with Crippen molar-refractivity contribution in [2.24, 2.45) is 0 Å². The molecule has 1 aliphatic rings. The van der Waals surface area contributed by atoms with Gasteiger partial charge in [-0.3, -0.25) is 4.79 Å². The number of nitrogens with two attached hydrogens (primary N) is 1. The molecule has 0 bridgehead atoms. The highest BCUT2D eigenvalue weighted by molar-refractivity contribution is 5.98. The Hall–Kier alpha value is -1.62. The molecule has 1 fully saturated rings. The molecule has 2 rings (SSSR count). The van der Waals surface area contributed by atoms with E-state index in [0.29, 0.717) is 18.2 Å². The lowest BCUT2D eigenvalue weighted by Gasteiger charge is -2.23. The smallest absolute Gasteiger partial charge is 0.255 e. The van der Waals surface area contributed by atoms with Crippen LogP contribution in [0, 0.1) is 0 Å². The van der Waals surface area contributed by atoms with Gasteiger partial charge in [-0.15, -0.1) is 0 Å². The van der Waals surface area contributed by atoms with E-state index in [9.17, 15) is 4.79 Å². The van der Waals surface area contributed by atoms with E-state index in [1.807, 2.05) is 0 Å². The zero-order valence-electron chi connectivity index (χ0n) is 11.4. The quantitative estimate of drug-likeness (QED) is 0.838. The van der Waals surface area contributed by atoms with E-state index in [1.54, 1.807) is 18.3 Å². The van der Waals surface area contributed by atoms with E-state index < -0.39 is 0 Å². The summed E-state index contributed by atoms with van der Waals surface area (Å²) in [6, 6.07) is 4.09. The predicted molar refractivity (Wildman–Crippen MR) is 75.9 cm³/mol. The van der Waals surface area contributed by atoms with Gasteiger partial charge in [-0.05, 0) is 32.0 Å². The van der Waals surface area contributed by atoms with Crippen LogP contribution < -0.4 is 11.1 Å². The summed E-state index contributed by atoms with van der Waals surface area (Å²) >= 11 is 0. The molecule has 0 aliphatic heterocycles. The van der Waals surface area contributed by atoms with Gasteiger partial charge < -0.3 is 16.0 Å². The predicted octanol–water partition coefficient (Wildman–Crippen LogP) is 1.27. The Bertz CT molecular complexity index is 429. The van der Waals surface area contributed by atoms with Gasteiger partial charge in [0.15, 0.2) is 0 Å². The second kappa shape index (κ2) is 6.52. The molecule has 0 radical (unpaired) electrons. The van der Waals surface area contributed by atoms with Crippen LogP contribution >= 0.6 is 0 Å². The maximum Gasteiger partial charge on any atom is 0.255 e. The third-order valence-electron chi connectivity index (χ3n) is 3.78. The van der Waals surface area contributed by atoms with Crippen molar-refractivity contribution < 1.29 is 4.79 Å². The lowest BCUT2D eigenvalue weighted by atomic mass is 10.2. The topological polar surface area (TPSA) is 71.2 Å². The molecule has 0 unspecified atom stereocenters. The SMILES string of the molecule is CN(CCNC(=O)c1cccnc1N)C1CCCC1. The van der Waals surface area contributed by atoms with Gasteiger partial charge in [0.2, 0.25) is 0 Å². The van der Waals surface area contributed by atoms with Crippen molar-refractivity contribution in [1.29, 1.82) is 0 Å². The molecule has 3 N–H and O–H groups in total. The van der Waals surface area contributed by atoms with Crippen LogP contribution in [0.1, 0.15) is 36.0 Å². The number of carbonyl (C=O) groups is 1. The van der Waals surface area contributed by atoms with Gasteiger partial charge in [0.1, 0.15) is 5.82 Å². The number of carbonyl (C=O) groups excluding carboxylic acids is 1. The summed E-state index contributed by atoms with van der Waals surface area (Å²) < 4.78 is 0. The van der Waals surface area contributed by atoms with Crippen LogP contribution in [0.5, 0.6) is 0 Å². The molecule has 1 amide bonds. The maximum absolute atomic E-state index is 11.9. The van der Waals surface area contributed by atoms with Crippen molar-refractivity contribution in [3.8, 4) is 0 Å². The third-order valence-corrected chi connectivity index (χ3v) is 3.78. The third kappa shape index (κ3) is 3.67. The van der Waals surface area contributed by atoms with Crippen LogP contribution in [0.3, 0.4) is 0 Å². The zero-order chi connectivity index (χ0) is 13.7. The maximum atomic E-state index is 11.9. The Kier molecular flexibility index (Phi) is 4.74. The summed E-state index contributed by atoms with van der Waals surface area (Å²) in [5.41, 5.74) is 6.12. The van der Waals surface area contributed by atoms with Crippen molar-refractivity contribution in [2.45, 2.75) is 31.7 Å². The van der Waals surface area contributed by atoms with Gasteiger partial charge >= 0.3 is 0 Å². The van der Waals surface area contributed by atoms with Crippen LogP contribution in [0.2, 0.25) is 0 Å². The number of aromatic nitrogens is 1. The van der Waals surface area contributed by atoms with E-state index >= 15 is 0 Å². The fraction of sp³-hybridized carbons (Fsp3) is 0.571. The molecule has 19 heavy (non-hydrogen) atoms. The molecule has 5 heteroatoms. The molecule has 1 saturated carbocycles. The van der Waals surface area contributed by atoms with Gasteiger partial charge in [-0.25, -0.2) is 4.98 Å². The second-order valence-electron chi connectivity index (χ2n) is 5.11. The Morgan fingerprint density at radius 1 is 1.53 bits per heavy atom. The summed E-state index contributed by atoms with van der Waals surface area (Å²) in [5, 5.41) is 2.89. The Morgan fingerprint density at radius 2 is 2.26 bits per heavy atom. The Morgan fingerprint density at radius 3 is 2.95 bits per heavy atom. The lowest BCUT2D eigenvalue weighted by molar-refractivity contribution is 0.0948. The molecule has 0 saturated heterocycles. The van der Waals surface area contributed by atoms with Gasteiger partial charge in [0, 0.05) is 25.3 Å². The average Bonchev–Trinajstić information content (AvgIpc) is 2.93. The number of hydrogen-bond acceptors (Lipinski definition) is 4. The number of nitrogens with zero attached hydrogens (tertiary/aromatic N) is 2. The van der Waals surface area contributed by atoms with Crippen molar-refractivity contribution >= 4 is 11.7 Å². The lowest BCUT2D eigenvalue weighted by Crippen LogP contribution is -2.37. The molecule has 0 aromatic carbocycles. The fourth-order valence-corrected chi connectivity index (χ4v) is 2.58. The summed E-state index contributed by atoms with van der Waals surface area (Å²) in [7, 11) is 2.13. The Balaban J connectivity index is 1.76. The number of anilines is 1. The minimum absolute atomic E-state index is 0.148. The first-order valence-electron chi connectivity index (χ1n) is 6.87. The summed E-state index contributed by atoms with van der Waals surface area (Å²) in [6.45, 7) is 1.51. The zero-order valence-corrected chi connectivity index (χ0v) is 11.4. The Labute approximate surface area is 114 Å². The number of rotatable bonds is 5. The standard InChI is InChI=1S/C14H22N4O/c1-18(11-5-2-3-6-11)10-9-17-14(19)12-7-4-8-16-13(12)15/h4,7-8,11H,2-3,5-6,9-10H2,1H3,(H2,15,16)(H,17,19). The number of pyridine rings is 1. The summed E-state index contributed by atoms with van der Waals surface area (Å²) in [6.07, 6.45) is 6.79. The van der Waals surface area contributed by atoms with Crippen molar-refractivity contribution in [3.63, 3.8) is 0 Å². The molecule has 1 heterocycles. The van der Waals surface area contributed by atoms with Gasteiger partial charge in [0.05, 0.1) is 5.56 Å². The number of nitrogens with one attached hydrogen (secondary N) is 1. The van der Waals surface area contributed by atoms with E-state index in [0.717, 1.165) is 6.54 Å². The highest BCUT2D eigenvalue weighted by Crippen LogP contribution is 2.21. The van der Waals surface area contributed by atoms with Crippen molar-refractivity contribution in [1.82, 2.24) is 15.2 Å². The molecule has 104 valence electrons. The molecule has 1 aromatic rings. The number of likely N-dealkylation sites (N-methyl/N-ethyl adjacent to an activating group) is 1.